The molecular weight excluding hydrogens is 246 g/mol. The Labute approximate surface area is 113 Å². The highest BCUT2D eigenvalue weighted by Gasteiger charge is 2.36. The first-order valence-corrected chi connectivity index (χ1v) is 6.68. The highest BCUT2D eigenvalue weighted by Crippen LogP contribution is 2.31. The topological polar surface area (TPSA) is 92.5 Å². The van der Waals surface area contributed by atoms with Gasteiger partial charge in [0, 0.05) is 25.8 Å². The molecule has 0 aliphatic carbocycles. The number of piperidine rings is 1. The molecule has 0 aromatic carbocycles. The molecule has 19 heavy (non-hydrogen) atoms. The monoisotopic (exact) mass is 269 g/mol. The van der Waals surface area contributed by atoms with Gasteiger partial charge in [0.15, 0.2) is 0 Å². The molecule has 1 saturated heterocycles. The highest BCUT2D eigenvalue weighted by atomic mass is 16.2. The number of nitrogens with two attached hydrogens (primary N) is 1. The first kappa shape index (κ1) is 15.6. The molecule has 0 unspecified atom stereocenters. The van der Waals surface area contributed by atoms with Crippen LogP contribution in [0.1, 0.15) is 52.4 Å². The van der Waals surface area contributed by atoms with Crippen LogP contribution in [-0.2, 0) is 14.4 Å². The summed E-state index contributed by atoms with van der Waals surface area (Å²) in [4.78, 5) is 36.0. The predicted molar refractivity (Wildman–Crippen MR) is 70.5 cm³/mol. The number of hydrogen-bond acceptors (Lipinski definition) is 4. The quantitative estimate of drug-likeness (QED) is 0.244. The number of nitrogens with one attached hydrogen (secondary N) is 1. The van der Waals surface area contributed by atoms with Gasteiger partial charge in [-0.05, 0) is 18.3 Å². The van der Waals surface area contributed by atoms with E-state index in [9.17, 15) is 14.4 Å². The Kier molecular flexibility index (Phi) is 5.47. The van der Waals surface area contributed by atoms with Crippen molar-refractivity contribution < 1.29 is 14.4 Å². The van der Waals surface area contributed by atoms with Gasteiger partial charge < -0.3 is 0 Å². The highest BCUT2D eigenvalue weighted by molar-refractivity contribution is 5.98. The predicted octanol–water partition coefficient (Wildman–Crippen LogP) is 0.712. The van der Waals surface area contributed by atoms with Crippen molar-refractivity contribution in [2.45, 2.75) is 52.4 Å². The van der Waals surface area contributed by atoms with Gasteiger partial charge in [-0.1, -0.05) is 20.3 Å². The lowest BCUT2D eigenvalue weighted by atomic mass is 9.81. The summed E-state index contributed by atoms with van der Waals surface area (Å²) in [7, 11) is 0. The summed E-state index contributed by atoms with van der Waals surface area (Å²) < 4.78 is 0. The van der Waals surface area contributed by atoms with E-state index in [-0.39, 0.29) is 23.1 Å². The van der Waals surface area contributed by atoms with Crippen molar-refractivity contribution in [3.63, 3.8) is 0 Å². The van der Waals surface area contributed by atoms with E-state index in [4.69, 9.17) is 5.84 Å². The normalized spacial score (nSPS) is 18.6. The molecule has 3 amide bonds. The lowest BCUT2D eigenvalue weighted by Crippen LogP contribution is -2.46. The average molecular weight is 269 g/mol. The van der Waals surface area contributed by atoms with E-state index in [2.05, 4.69) is 5.43 Å². The zero-order chi connectivity index (χ0) is 14.5. The Balaban J connectivity index is 2.28. The number of carbonyl (C=O) groups is 3. The van der Waals surface area contributed by atoms with Gasteiger partial charge in [-0.2, -0.15) is 0 Å². The van der Waals surface area contributed by atoms with Gasteiger partial charge in [0.1, 0.15) is 0 Å². The van der Waals surface area contributed by atoms with Crippen LogP contribution >= 0.6 is 0 Å². The minimum atomic E-state index is -0.218. The van der Waals surface area contributed by atoms with Gasteiger partial charge in [0.05, 0.1) is 0 Å². The maximum Gasteiger partial charge on any atom is 0.233 e. The van der Waals surface area contributed by atoms with Crippen molar-refractivity contribution in [2.75, 3.05) is 6.54 Å². The Morgan fingerprint density at radius 1 is 1.21 bits per heavy atom. The minimum absolute atomic E-state index is 0.0825. The molecule has 3 N–H and O–H groups in total. The van der Waals surface area contributed by atoms with Crippen molar-refractivity contribution in [1.82, 2.24) is 10.3 Å². The van der Waals surface area contributed by atoms with Gasteiger partial charge in [-0.15, -0.1) is 0 Å². The van der Waals surface area contributed by atoms with Crippen molar-refractivity contribution in [2.24, 2.45) is 11.3 Å². The summed E-state index contributed by atoms with van der Waals surface area (Å²) >= 11 is 0. The molecule has 0 atom stereocenters. The first-order valence-electron chi connectivity index (χ1n) is 6.68. The second-order valence-electron chi connectivity index (χ2n) is 5.84. The summed E-state index contributed by atoms with van der Waals surface area (Å²) in [6.45, 7) is 4.33. The van der Waals surface area contributed by atoms with E-state index in [1.165, 1.54) is 4.90 Å². The van der Waals surface area contributed by atoms with Gasteiger partial charge >= 0.3 is 0 Å². The fourth-order valence-electron chi connectivity index (χ4n) is 2.27. The zero-order valence-corrected chi connectivity index (χ0v) is 11.7. The molecule has 6 nitrogen and oxygen atoms in total. The minimum Gasteiger partial charge on any atom is -0.294 e. The molecule has 1 heterocycles. The van der Waals surface area contributed by atoms with Crippen molar-refractivity contribution in [3.8, 4) is 0 Å². The smallest absolute Gasteiger partial charge is 0.233 e. The molecule has 0 bridgehead atoms. The third-order valence-electron chi connectivity index (χ3n) is 3.31. The van der Waals surface area contributed by atoms with Crippen molar-refractivity contribution in [3.05, 3.63) is 0 Å². The van der Waals surface area contributed by atoms with Crippen LogP contribution in [0.15, 0.2) is 0 Å². The maximum atomic E-state index is 11.9. The zero-order valence-electron chi connectivity index (χ0n) is 11.7. The Morgan fingerprint density at radius 2 is 1.79 bits per heavy atom. The number of hydrogen-bond donors (Lipinski definition) is 2. The standard InChI is InChI=1S/C13H23N3O3/c1-13(2)8-11(18)16(12(19)9-13)7-5-3-4-6-10(17)15-14/h3-9,14H2,1-2H3,(H,15,17). The molecule has 6 heteroatoms. The van der Waals surface area contributed by atoms with Crippen LogP contribution in [0.4, 0.5) is 0 Å². The number of unbranched alkanes of at least 4 members (excludes halogenated alkanes) is 2. The van der Waals surface area contributed by atoms with E-state index in [1.54, 1.807) is 0 Å². The Bertz CT molecular complexity index is 346. The van der Waals surface area contributed by atoms with Crippen LogP contribution in [-0.4, -0.2) is 29.2 Å². The molecule has 0 spiro atoms. The van der Waals surface area contributed by atoms with Gasteiger partial charge in [-0.3, -0.25) is 24.7 Å². The second kappa shape index (κ2) is 6.65. The SMILES string of the molecule is CC1(C)CC(=O)N(CCCCCC(=O)NN)C(=O)C1. The van der Waals surface area contributed by atoms with Crippen LogP contribution in [0.25, 0.3) is 0 Å². The summed E-state index contributed by atoms with van der Waals surface area (Å²) in [5, 5.41) is 0. The fraction of sp³-hybridized carbons (Fsp3) is 0.769. The fourth-order valence-corrected chi connectivity index (χ4v) is 2.27. The van der Waals surface area contributed by atoms with Gasteiger partial charge in [-0.25, -0.2) is 5.84 Å². The Morgan fingerprint density at radius 3 is 2.32 bits per heavy atom. The number of amides is 3. The van der Waals surface area contributed by atoms with Crippen LogP contribution in [0.2, 0.25) is 0 Å². The summed E-state index contributed by atoms with van der Waals surface area (Å²) in [6, 6.07) is 0. The number of nitrogens with zero attached hydrogens (tertiary/aromatic N) is 1. The van der Waals surface area contributed by atoms with Crippen LogP contribution in [0.3, 0.4) is 0 Å². The molecule has 1 fully saturated rings. The molecule has 1 aliphatic rings. The number of hydrazine groups is 1. The van der Waals surface area contributed by atoms with E-state index in [1.807, 2.05) is 13.8 Å². The lowest BCUT2D eigenvalue weighted by molar-refractivity contribution is -0.152. The van der Waals surface area contributed by atoms with E-state index in [0.717, 1.165) is 12.8 Å². The summed E-state index contributed by atoms with van der Waals surface area (Å²) in [5.41, 5.74) is 1.85. The Hall–Kier alpha value is -1.43. The molecule has 1 aliphatic heterocycles. The third kappa shape index (κ3) is 4.98. The number of imide groups is 1. The summed E-state index contributed by atoms with van der Waals surface area (Å²) in [5.74, 6) is 4.62. The summed E-state index contributed by atoms with van der Waals surface area (Å²) in [6.07, 6.45) is 3.47. The van der Waals surface area contributed by atoms with Crippen molar-refractivity contribution >= 4 is 17.7 Å². The molecule has 0 saturated carbocycles. The third-order valence-corrected chi connectivity index (χ3v) is 3.31. The molecule has 1 rings (SSSR count). The molecule has 108 valence electrons. The van der Waals surface area contributed by atoms with E-state index >= 15 is 0 Å². The van der Waals surface area contributed by atoms with E-state index in [0.29, 0.717) is 32.2 Å². The van der Waals surface area contributed by atoms with Crippen molar-refractivity contribution in [1.29, 1.82) is 0 Å². The van der Waals surface area contributed by atoms with E-state index < -0.39 is 0 Å². The number of carbonyl (C=O) groups excluding carboxylic acids is 3. The number of likely N-dealkylation sites (tertiary alicyclic amines) is 1. The van der Waals surface area contributed by atoms with Gasteiger partial charge in [0.2, 0.25) is 17.7 Å². The average Bonchev–Trinajstić information content (AvgIpc) is 2.29. The molecular formula is C13H23N3O3. The van der Waals surface area contributed by atoms with Crippen LogP contribution in [0, 0.1) is 5.41 Å². The van der Waals surface area contributed by atoms with Gasteiger partial charge in [0.25, 0.3) is 0 Å². The maximum absolute atomic E-state index is 11.9. The lowest BCUT2D eigenvalue weighted by Gasteiger charge is -2.34. The molecule has 0 aromatic heterocycles. The first-order chi connectivity index (χ1) is 8.85. The molecule has 0 radical (unpaired) electrons. The van der Waals surface area contributed by atoms with Crippen LogP contribution in [0.5, 0.6) is 0 Å². The second-order valence-corrected chi connectivity index (χ2v) is 5.84. The number of rotatable bonds is 6. The van der Waals surface area contributed by atoms with Crippen LogP contribution < -0.4 is 11.3 Å². The largest absolute Gasteiger partial charge is 0.294 e. The molecule has 0 aromatic rings.